The number of aromatic nitrogens is 3. The number of hydrogen-bond acceptors (Lipinski definition) is 4. The van der Waals surface area contributed by atoms with Crippen molar-refractivity contribution in [2.45, 2.75) is 0 Å². The van der Waals surface area contributed by atoms with E-state index in [1.165, 1.54) is 0 Å². The maximum Gasteiger partial charge on any atom is 0.231 e. The van der Waals surface area contributed by atoms with Gasteiger partial charge in [-0.2, -0.15) is 0 Å². The van der Waals surface area contributed by atoms with Gasteiger partial charge in [-0.15, -0.1) is 0 Å². The Balaban J connectivity index is 1.86. The van der Waals surface area contributed by atoms with E-state index in [2.05, 4.69) is 15.0 Å². The summed E-state index contributed by atoms with van der Waals surface area (Å²) in [7, 11) is 0. The molecule has 0 saturated carbocycles. The Hall–Kier alpha value is -2.56. The van der Waals surface area contributed by atoms with Crippen molar-refractivity contribution < 1.29 is 9.47 Å². The van der Waals surface area contributed by atoms with Crippen LogP contribution in [0.4, 0.5) is 0 Å². The van der Waals surface area contributed by atoms with Gasteiger partial charge in [-0.1, -0.05) is 0 Å². The predicted molar refractivity (Wildman–Crippen MR) is 65.4 cm³/mol. The highest BCUT2D eigenvalue weighted by Crippen LogP contribution is 2.35. The number of fused-ring (bicyclic) bond motifs is 2. The number of rotatable bonds is 1. The molecule has 2 aromatic heterocycles. The summed E-state index contributed by atoms with van der Waals surface area (Å²) in [6.07, 6.45) is 3.49. The molecule has 1 aromatic carbocycles. The molecule has 0 bridgehead atoms. The van der Waals surface area contributed by atoms with E-state index in [0.717, 1.165) is 33.9 Å². The SMILES string of the molecule is c1cc2nc(-c3ccc4c(c3)OCO4)[nH]c2cn1. The number of imidazole rings is 1. The van der Waals surface area contributed by atoms with Crippen LogP contribution in [0.5, 0.6) is 11.5 Å². The van der Waals surface area contributed by atoms with Crippen molar-refractivity contribution in [2.75, 3.05) is 6.79 Å². The number of benzene rings is 1. The Labute approximate surface area is 102 Å². The van der Waals surface area contributed by atoms with E-state index >= 15 is 0 Å². The van der Waals surface area contributed by atoms with Gasteiger partial charge in [0.05, 0.1) is 17.2 Å². The number of H-pyrrole nitrogens is 1. The molecule has 1 N–H and O–H groups in total. The predicted octanol–water partition coefficient (Wildman–Crippen LogP) is 2.35. The molecule has 1 aliphatic rings. The van der Waals surface area contributed by atoms with Crippen molar-refractivity contribution in [1.29, 1.82) is 0 Å². The third-order valence-electron chi connectivity index (χ3n) is 2.93. The molecular weight excluding hydrogens is 230 g/mol. The molecule has 5 heteroatoms. The summed E-state index contributed by atoms with van der Waals surface area (Å²) in [6, 6.07) is 7.65. The van der Waals surface area contributed by atoms with Gasteiger partial charge in [0.2, 0.25) is 6.79 Å². The van der Waals surface area contributed by atoms with Crippen LogP contribution in [0.25, 0.3) is 22.4 Å². The highest BCUT2D eigenvalue weighted by Gasteiger charge is 2.15. The Morgan fingerprint density at radius 3 is 3.00 bits per heavy atom. The van der Waals surface area contributed by atoms with E-state index in [4.69, 9.17) is 9.47 Å². The minimum Gasteiger partial charge on any atom is -0.454 e. The summed E-state index contributed by atoms with van der Waals surface area (Å²) in [5, 5.41) is 0. The van der Waals surface area contributed by atoms with Gasteiger partial charge in [0, 0.05) is 11.8 Å². The monoisotopic (exact) mass is 239 g/mol. The zero-order chi connectivity index (χ0) is 11.9. The van der Waals surface area contributed by atoms with Gasteiger partial charge in [0.25, 0.3) is 0 Å². The topological polar surface area (TPSA) is 60.0 Å². The Morgan fingerprint density at radius 1 is 1.11 bits per heavy atom. The fourth-order valence-electron chi connectivity index (χ4n) is 2.04. The lowest BCUT2D eigenvalue weighted by Gasteiger charge is -1.99. The molecule has 0 radical (unpaired) electrons. The number of nitrogens with zero attached hydrogens (tertiary/aromatic N) is 2. The van der Waals surface area contributed by atoms with Crippen LogP contribution in [0.15, 0.2) is 36.7 Å². The van der Waals surface area contributed by atoms with E-state index in [1.54, 1.807) is 12.4 Å². The van der Waals surface area contributed by atoms with Crippen molar-refractivity contribution in [3.05, 3.63) is 36.7 Å². The number of ether oxygens (including phenoxy) is 2. The minimum atomic E-state index is 0.281. The van der Waals surface area contributed by atoms with Crippen LogP contribution in [0.1, 0.15) is 0 Å². The molecule has 0 atom stereocenters. The fourth-order valence-corrected chi connectivity index (χ4v) is 2.04. The molecule has 5 nitrogen and oxygen atoms in total. The zero-order valence-electron chi connectivity index (χ0n) is 9.38. The zero-order valence-corrected chi connectivity index (χ0v) is 9.38. The van der Waals surface area contributed by atoms with E-state index in [1.807, 2.05) is 24.3 Å². The maximum atomic E-state index is 5.36. The van der Waals surface area contributed by atoms with Gasteiger partial charge < -0.3 is 14.5 Å². The lowest BCUT2D eigenvalue weighted by Crippen LogP contribution is -1.92. The lowest BCUT2D eigenvalue weighted by molar-refractivity contribution is 0.174. The summed E-state index contributed by atoms with van der Waals surface area (Å²) in [6.45, 7) is 0.281. The third-order valence-corrected chi connectivity index (χ3v) is 2.93. The van der Waals surface area contributed by atoms with Gasteiger partial charge in [-0.05, 0) is 24.3 Å². The second-order valence-electron chi connectivity index (χ2n) is 4.05. The van der Waals surface area contributed by atoms with Gasteiger partial charge in [0.1, 0.15) is 5.82 Å². The van der Waals surface area contributed by atoms with Crippen LogP contribution in [0, 0.1) is 0 Å². The number of pyridine rings is 1. The fraction of sp³-hybridized carbons (Fsp3) is 0.0769. The second-order valence-corrected chi connectivity index (χ2v) is 4.05. The molecule has 0 aliphatic carbocycles. The van der Waals surface area contributed by atoms with Crippen LogP contribution in [0.3, 0.4) is 0 Å². The van der Waals surface area contributed by atoms with Crippen molar-refractivity contribution >= 4 is 11.0 Å². The quantitative estimate of drug-likeness (QED) is 0.708. The van der Waals surface area contributed by atoms with Crippen LogP contribution >= 0.6 is 0 Å². The van der Waals surface area contributed by atoms with Crippen molar-refractivity contribution in [2.24, 2.45) is 0 Å². The second kappa shape index (κ2) is 3.46. The smallest absolute Gasteiger partial charge is 0.231 e. The highest BCUT2D eigenvalue weighted by molar-refractivity contribution is 5.78. The summed E-state index contributed by atoms with van der Waals surface area (Å²) in [5.74, 6) is 2.33. The molecule has 0 unspecified atom stereocenters. The van der Waals surface area contributed by atoms with Gasteiger partial charge >= 0.3 is 0 Å². The van der Waals surface area contributed by atoms with E-state index in [-0.39, 0.29) is 6.79 Å². The molecular formula is C13H9N3O2. The molecule has 0 amide bonds. The molecule has 0 fully saturated rings. The van der Waals surface area contributed by atoms with E-state index < -0.39 is 0 Å². The van der Waals surface area contributed by atoms with Gasteiger partial charge in [-0.25, -0.2) is 4.98 Å². The lowest BCUT2D eigenvalue weighted by atomic mass is 10.2. The largest absolute Gasteiger partial charge is 0.454 e. The van der Waals surface area contributed by atoms with Crippen molar-refractivity contribution in [1.82, 2.24) is 15.0 Å². The maximum absolute atomic E-state index is 5.36. The van der Waals surface area contributed by atoms with Crippen LogP contribution in [0.2, 0.25) is 0 Å². The van der Waals surface area contributed by atoms with Crippen molar-refractivity contribution in [3.63, 3.8) is 0 Å². The molecule has 3 aromatic rings. The Kier molecular flexibility index (Phi) is 1.82. The summed E-state index contributed by atoms with van der Waals surface area (Å²) >= 11 is 0. The van der Waals surface area contributed by atoms with E-state index in [9.17, 15) is 0 Å². The Bertz CT molecular complexity index is 703. The normalized spacial score (nSPS) is 13.1. The first-order valence-corrected chi connectivity index (χ1v) is 5.60. The molecule has 0 saturated heterocycles. The average Bonchev–Trinajstić information content (AvgIpc) is 3.04. The molecule has 3 heterocycles. The molecule has 1 aliphatic heterocycles. The van der Waals surface area contributed by atoms with Crippen LogP contribution in [-0.2, 0) is 0 Å². The first-order chi connectivity index (χ1) is 8.90. The number of hydrogen-bond donors (Lipinski definition) is 1. The third kappa shape index (κ3) is 1.34. The molecule has 4 rings (SSSR count). The number of aromatic amines is 1. The van der Waals surface area contributed by atoms with Crippen LogP contribution < -0.4 is 9.47 Å². The first kappa shape index (κ1) is 9.47. The highest BCUT2D eigenvalue weighted by atomic mass is 16.7. The number of nitrogens with one attached hydrogen (secondary N) is 1. The standard InChI is InChI=1S/C13H9N3O2/c1-2-11-12(18-7-17-11)5-8(1)13-15-9-3-4-14-6-10(9)16-13/h1-6H,7H2,(H,15,16). The minimum absolute atomic E-state index is 0.281. The Morgan fingerprint density at radius 2 is 2.06 bits per heavy atom. The average molecular weight is 239 g/mol. The first-order valence-electron chi connectivity index (χ1n) is 5.60. The summed E-state index contributed by atoms with van der Waals surface area (Å²) in [4.78, 5) is 11.8. The summed E-state index contributed by atoms with van der Waals surface area (Å²) in [5.41, 5.74) is 2.79. The molecule has 0 spiro atoms. The van der Waals surface area contributed by atoms with Crippen LogP contribution in [-0.4, -0.2) is 21.7 Å². The van der Waals surface area contributed by atoms with E-state index in [0.29, 0.717) is 0 Å². The van der Waals surface area contributed by atoms with Gasteiger partial charge in [0.15, 0.2) is 11.5 Å². The molecule has 88 valence electrons. The summed E-state index contributed by atoms with van der Waals surface area (Å²) < 4.78 is 10.6. The van der Waals surface area contributed by atoms with Crippen molar-refractivity contribution in [3.8, 4) is 22.9 Å². The molecule has 18 heavy (non-hydrogen) atoms. The van der Waals surface area contributed by atoms with Gasteiger partial charge in [-0.3, -0.25) is 4.98 Å².